The number of phenolic OH excluding ortho intramolecular Hbond substituents is 1. The van der Waals surface area contributed by atoms with Crippen LogP contribution in [0.15, 0.2) is 24.3 Å². The highest BCUT2D eigenvalue weighted by atomic mass is 16.5. The van der Waals surface area contributed by atoms with E-state index in [1.807, 2.05) is 0 Å². The Balaban J connectivity index is 2.16. The first-order valence-electron chi connectivity index (χ1n) is 6.50. The van der Waals surface area contributed by atoms with Crippen LogP contribution in [0, 0.1) is 0 Å². The molecule has 0 amide bonds. The number of ether oxygens (including phenoxy) is 1. The van der Waals surface area contributed by atoms with Gasteiger partial charge in [-0.2, -0.15) is 0 Å². The van der Waals surface area contributed by atoms with Gasteiger partial charge in [-0.25, -0.2) is 9.78 Å². The molecule has 4 heteroatoms. The molecule has 98 valence electrons. The lowest BCUT2D eigenvalue weighted by atomic mass is 10.0. The van der Waals surface area contributed by atoms with Gasteiger partial charge >= 0.3 is 5.97 Å². The van der Waals surface area contributed by atoms with Gasteiger partial charge in [-0.1, -0.05) is 0 Å². The fourth-order valence-corrected chi connectivity index (χ4v) is 2.28. The minimum absolute atomic E-state index is 0.222. The van der Waals surface area contributed by atoms with E-state index >= 15 is 0 Å². The van der Waals surface area contributed by atoms with E-state index in [4.69, 9.17) is 4.74 Å². The molecule has 0 unspecified atom stereocenters. The highest BCUT2D eigenvalue weighted by Crippen LogP contribution is 2.43. The third kappa shape index (κ3) is 2.26. The largest absolute Gasteiger partial charge is 0.508 e. The molecular weight excluding hydrogens is 242 g/mol. The Morgan fingerprint density at radius 3 is 2.89 bits per heavy atom. The van der Waals surface area contributed by atoms with E-state index in [0.29, 0.717) is 18.2 Å². The smallest absolute Gasteiger partial charge is 0.356 e. The number of nitrogens with zero attached hydrogens (tertiary/aromatic N) is 1. The number of rotatable bonds is 3. The van der Waals surface area contributed by atoms with Crippen molar-refractivity contribution in [2.24, 2.45) is 0 Å². The molecule has 1 N–H and O–H groups in total. The monoisotopic (exact) mass is 257 g/mol. The standard InChI is InChI=1S/C15H15NO3/c1-2-19-15(18)14-8-11(9-3-4-9)12-7-10(17)5-6-13(12)16-14/h5-9,17H,2-4H2,1H3. The Morgan fingerprint density at radius 1 is 1.42 bits per heavy atom. The first kappa shape index (κ1) is 12.0. The molecule has 19 heavy (non-hydrogen) atoms. The third-order valence-electron chi connectivity index (χ3n) is 3.33. The summed E-state index contributed by atoms with van der Waals surface area (Å²) in [5.41, 5.74) is 2.16. The van der Waals surface area contributed by atoms with E-state index in [1.54, 1.807) is 31.2 Å². The van der Waals surface area contributed by atoms with Crippen LogP contribution in [-0.2, 0) is 4.74 Å². The van der Waals surface area contributed by atoms with Crippen molar-refractivity contribution in [1.29, 1.82) is 0 Å². The fourth-order valence-electron chi connectivity index (χ4n) is 2.28. The molecule has 1 aliphatic rings. The van der Waals surface area contributed by atoms with Crippen molar-refractivity contribution in [2.45, 2.75) is 25.7 Å². The molecule has 2 aromatic rings. The molecule has 1 saturated carbocycles. The van der Waals surface area contributed by atoms with E-state index in [1.165, 1.54) is 0 Å². The number of aromatic nitrogens is 1. The summed E-state index contributed by atoms with van der Waals surface area (Å²) < 4.78 is 5.00. The van der Waals surface area contributed by atoms with Crippen molar-refractivity contribution in [1.82, 2.24) is 4.98 Å². The van der Waals surface area contributed by atoms with Gasteiger partial charge in [-0.15, -0.1) is 0 Å². The summed E-state index contributed by atoms with van der Waals surface area (Å²) >= 11 is 0. The maximum atomic E-state index is 11.8. The molecule has 0 bridgehead atoms. The predicted octanol–water partition coefficient (Wildman–Crippen LogP) is 2.99. The zero-order chi connectivity index (χ0) is 13.4. The summed E-state index contributed by atoms with van der Waals surface area (Å²) in [5.74, 6) is 0.305. The van der Waals surface area contributed by atoms with Gasteiger partial charge in [0, 0.05) is 5.39 Å². The van der Waals surface area contributed by atoms with E-state index in [-0.39, 0.29) is 11.7 Å². The summed E-state index contributed by atoms with van der Waals surface area (Å²) in [6.07, 6.45) is 2.24. The van der Waals surface area contributed by atoms with Gasteiger partial charge < -0.3 is 9.84 Å². The van der Waals surface area contributed by atoms with Gasteiger partial charge in [-0.3, -0.25) is 0 Å². The van der Waals surface area contributed by atoms with Crippen LogP contribution in [-0.4, -0.2) is 22.7 Å². The van der Waals surface area contributed by atoms with Crippen LogP contribution in [0.4, 0.5) is 0 Å². The number of carbonyl (C=O) groups excluding carboxylic acids is 1. The summed E-state index contributed by atoms with van der Waals surface area (Å²) in [5, 5.41) is 10.5. The number of hydrogen-bond donors (Lipinski definition) is 1. The topological polar surface area (TPSA) is 59.4 Å². The highest BCUT2D eigenvalue weighted by molar-refractivity contribution is 5.93. The molecule has 1 fully saturated rings. The molecule has 0 saturated heterocycles. The van der Waals surface area contributed by atoms with Crippen LogP contribution in [0.1, 0.15) is 41.7 Å². The molecule has 0 aliphatic heterocycles. The molecule has 1 aromatic carbocycles. The highest BCUT2D eigenvalue weighted by Gasteiger charge is 2.27. The summed E-state index contributed by atoms with van der Waals surface area (Å²) in [6.45, 7) is 2.12. The first-order chi connectivity index (χ1) is 9.19. The molecule has 0 atom stereocenters. The summed E-state index contributed by atoms with van der Waals surface area (Å²) in [4.78, 5) is 16.1. The second-order valence-electron chi connectivity index (χ2n) is 4.79. The van der Waals surface area contributed by atoms with Crippen molar-refractivity contribution in [3.63, 3.8) is 0 Å². The van der Waals surface area contributed by atoms with Crippen LogP contribution < -0.4 is 0 Å². The number of pyridine rings is 1. The predicted molar refractivity (Wildman–Crippen MR) is 71.3 cm³/mol. The zero-order valence-electron chi connectivity index (χ0n) is 10.7. The second-order valence-corrected chi connectivity index (χ2v) is 4.79. The maximum Gasteiger partial charge on any atom is 0.356 e. The van der Waals surface area contributed by atoms with E-state index in [2.05, 4.69) is 4.98 Å². The molecule has 1 aliphatic carbocycles. The molecule has 0 radical (unpaired) electrons. The van der Waals surface area contributed by atoms with Crippen molar-refractivity contribution >= 4 is 16.9 Å². The normalized spacial score (nSPS) is 14.6. The lowest BCUT2D eigenvalue weighted by Crippen LogP contribution is -2.08. The second kappa shape index (κ2) is 4.53. The number of phenols is 1. The van der Waals surface area contributed by atoms with Gasteiger partial charge in [0.25, 0.3) is 0 Å². The lowest BCUT2D eigenvalue weighted by Gasteiger charge is -2.08. The molecule has 4 nitrogen and oxygen atoms in total. The van der Waals surface area contributed by atoms with Crippen LogP contribution >= 0.6 is 0 Å². The Kier molecular flexibility index (Phi) is 2.85. The average molecular weight is 257 g/mol. The third-order valence-corrected chi connectivity index (χ3v) is 3.33. The van der Waals surface area contributed by atoms with E-state index in [0.717, 1.165) is 29.3 Å². The van der Waals surface area contributed by atoms with Gasteiger partial charge in [0.15, 0.2) is 0 Å². The minimum atomic E-state index is -0.389. The Hall–Kier alpha value is -2.10. The van der Waals surface area contributed by atoms with Crippen LogP contribution in [0.25, 0.3) is 10.9 Å². The number of esters is 1. The minimum Gasteiger partial charge on any atom is -0.508 e. The van der Waals surface area contributed by atoms with Crippen molar-refractivity contribution in [3.8, 4) is 5.75 Å². The van der Waals surface area contributed by atoms with Gasteiger partial charge in [-0.05, 0) is 55.5 Å². The van der Waals surface area contributed by atoms with Crippen molar-refractivity contribution in [2.75, 3.05) is 6.61 Å². The Labute approximate surface area is 111 Å². The van der Waals surface area contributed by atoms with Crippen LogP contribution in [0.2, 0.25) is 0 Å². The van der Waals surface area contributed by atoms with E-state index < -0.39 is 0 Å². The number of aromatic hydroxyl groups is 1. The molecule has 0 spiro atoms. The number of carbonyl (C=O) groups is 1. The maximum absolute atomic E-state index is 11.8. The number of hydrogen-bond acceptors (Lipinski definition) is 4. The number of fused-ring (bicyclic) bond motifs is 1. The SMILES string of the molecule is CCOC(=O)c1cc(C2CC2)c2cc(O)ccc2n1. The Morgan fingerprint density at radius 2 is 2.21 bits per heavy atom. The van der Waals surface area contributed by atoms with Crippen molar-refractivity contribution in [3.05, 3.63) is 35.5 Å². The van der Waals surface area contributed by atoms with Gasteiger partial charge in [0.1, 0.15) is 11.4 Å². The summed E-state index contributed by atoms with van der Waals surface area (Å²) in [7, 11) is 0. The van der Waals surface area contributed by atoms with Gasteiger partial charge in [0.2, 0.25) is 0 Å². The van der Waals surface area contributed by atoms with Crippen molar-refractivity contribution < 1.29 is 14.6 Å². The van der Waals surface area contributed by atoms with Gasteiger partial charge in [0.05, 0.1) is 12.1 Å². The fraction of sp³-hybridized carbons (Fsp3) is 0.333. The summed E-state index contributed by atoms with van der Waals surface area (Å²) in [6, 6.07) is 6.84. The van der Waals surface area contributed by atoms with Crippen LogP contribution in [0.3, 0.4) is 0 Å². The lowest BCUT2D eigenvalue weighted by molar-refractivity contribution is 0.0520. The molecule has 1 aromatic heterocycles. The molecular formula is C15H15NO3. The molecule has 1 heterocycles. The Bertz CT molecular complexity index is 647. The zero-order valence-corrected chi connectivity index (χ0v) is 10.7. The van der Waals surface area contributed by atoms with E-state index in [9.17, 15) is 9.90 Å². The quantitative estimate of drug-likeness (QED) is 0.859. The number of benzene rings is 1. The average Bonchev–Trinajstić information content (AvgIpc) is 3.22. The van der Waals surface area contributed by atoms with Crippen LogP contribution in [0.5, 0.6) is 5.75 Å². The first-order valence-corrected chi connectivity index (χ1v) is 6.50. The molecule has 3 rings (SSSR count).